The molecule has 1 aromatic heterocycles. The highest BCUT2D eigenvalue weighted by Crippen LogP contribution is 2.54. The van der Waals surface area contributed by atoms with E-state index in [9.17, 15) is 15.0 Å². The van der Waals surface area contributed by atoms with Crippen LogP contribution >= 0.6 is 0 Å². The number of carbonyl (C=O) groups excluding carboxylic acids is 1. The summed E-state index contributed by atoms with van der Waals surface area (Å²) in [6.07, 6.45) is 4.48. The molecule has 0 saturated heterocycles. The lowest BCUT2D eigenvalue weighted by atomic mass is 9.52. The van der Waals surface area contributed by atoms with Gasteiger partial charge in [-0.25, -0.2) is 0 Å². The number of aliphatic hydroxyl groups excluding tert-OH is 1. The number of hydrogen-bond acceptors (Lipinski definition) is 4. The average molecular weight is 433 g/mol. The van der Waals surface area contributed by atoms with Crippen LogP contribution in [0.25, 0.3) is 0 Å². The molecule has 1 fully saturated rings. The summed E-state index contributed by atoms with van der Waals surface area (Å²) in [5.74, 6) is 5.81. The van der Waals surface area contributed by atoms with E-state index in [2.05, 4.69) is 35.1 Å². The van der Waals surface area contributed by atoms with Gasteiger partial charge in [0.1, 0.15) is 0 Å². The number of nitrogens with one attached hydrogen (secondary N) is 1. The summed E-state index contributed by atoms with van der Waals surface area (Å²) in [6.45, 7) is 6.23. The van der Waals surface area contributed by atoms with Gasteiger partial charge < -0.3 is 15.5 Å². The molecular weight excluding hydrogens is 400 g/mol. The standard InChI is InChI=1S/C27H32N2O3/c1-4-12-27(32)15-22-10-8-19-14-20(9-11-23(19)26(22,5-2)16-24(27)30)25(31)29-17-21-7-6-13-28-18(21)3/h6-7,9,11,13-14,22,24,30,32H,5,8,10,15-17H2,1-3H3,(H,29,31)/t22-,24+,26-,27?/m1/s1. The van der Waals surface area contributed by atoms with Crippen LogP contribution < -0.4 is 5.32 Å². The highest BCUT2D eigenvalue weighted by atomic mass is 16.3. The summed E-state index contributed by atoms with van der Waals surface area (Å²) in [5.41, 5.74) is 3.42. The minimum absolute atomic E-state index is 0.0972. The second-order valence-electron chi connectivity index (χ2n) is 9.27. The average Bonchev–Trinajstić information content (AvgIpc) is 2.79. The molecule has 0 spiro atoms. The van der Waals surface area contributed by atoms with Gasteiger partial charge in [-0.05, 0) is 86.8 Å². The van der Waals surface area contributed by atoms with Crippen LogP contribution in [0.5, 0.6) is 0 Å². The Kier molecular flexibility index (Phi) is 6.11. The van der Waals surface area contributed by atoms with E-state index in [1.807, 2.05) is 31.2 Å². The van der Waals surface area contributed by atoms with Gasteiger partial charge in [0.25, 0.3) is 5.91 Å². The number of benzene rings is 1. The molecule has 1 saturated carbocycles. The number of amides is 1. The van der Waals surface area contributed by atoms with Gasteiger partial charge in [-0.2, -0.15) is 0 Å². The molecule has 1 amide bonds. The first kappa shape index (κ1) is 22.5. The number of aromatic nitrogens is 1. The number of hydrogen-bond donors (Lipinski definition) is 3. The van der Waals surface area contributed by atoms with Crippen molar-refractivity contribution in [2.24, 2.45) is 5.92 Å². The molecule has 5 nitrogen and oxygen atoms in total. The summed E-state index contributed by atoms with van der Waals surface area (Å²) in [4.78, 5) is 17.1. The van der Waals surface area contributed by atoms with Crippen molar-refractivity contribution in [1.29, 1.82) is 0 Å². The molecule has 4 atom stereocenters. The Morgan fingerprint density at radius 2 is 2.12 bits per heavy atom. The van der Waals surface area contributed by atoms with E-state index in [4.69, 9.17) is 0 Å². The van der Waals surface area contributed by atoms with E-state index in [1.165, 1.54) is 11.1 Å². The third kappa shape index (κ3) is 3.83. The van der Waals surface area contributed by atoms with E-state index in [-0.39, 0.29) is 17.2 Å². The lowest BCUT2D eigenvalue weighted by molar-refractivity contribution is -0.106. The molecule has 3 N–H and O–H groups in total. The molecule has 1 heterocycles. The summed E-state index contributed by atoms with van der Waals surface area (Å²) >= 11 is 0. The van der Waals surface area contributed by atoms with Gasteiger partial charge >= 0.3 is 0 Å². The third-order valence-corrected chi connectivity index (χ3v) is 7.64. The van der Waals surface area contributed by atoms with Gasteiger partial charge in [-0.3, -0.25) is 9.78 Å². The number of pyridine rings is 1. The Labute approximate surface area is 190 Å². The molecule has 2 aliphatic carbocycles. The van der Waals surface area contributed by atoms with E-state index < -0.39 is 11.7 Å². The van der Waals surface area contributed by atoms with Crippen molar-refractivity contribution in [1.82, 2.24) is 10.3 Å². The molecule has 4 rings (SSSR count). The van der Waals surface area contributed by atoms with Crippen LogP contribution in [0.15, 0.2) is 36.5 Å². The summed E-state index contributed by atoms with van der Waals surface area (Å²) in [7, 11) is 0. The monoisotopic (exact) mass is 432 g/mol. The van der Waals surface area contributed by atoms with Crippen molar-refractivity contribution in [3.05, 3.63) is 64.5 Å². The quantitative estimate of drug-likeness (QED) is 0.647. The Morgan fingerprint density at radius 3 is 2.84 bits per heavy atom. The third-order valence-electron chi connectivity index (χ3n) is 7.64. The van der Waals surface area contributed by atoms with Crippen molar-refractivity contribution in [3.63, 3.8) is 0 Å². The maximum atomic E-state index is 12.8. The van der Waals surface area contributed by atoms with Crippen LogP contribution in [0, 0.1) is 24.7 Å². The van der Waals surface area contributed by atoms with E-state index in [0.717, 1.165) is 30.5 Å². The van der Waals surface area contributed by atoms with Gasteiger partial charge in [0, 0.05) is 29.4 Å². The molecule has 2 aliphatic rings. The number of fused-ring (bicyclic) bond motifs is 3. The Hall–Kier alpha value is -2.68. The predicted molar refractivity (Wildman–Crippen MR) is 124 cm³/mol. The SMILES string of the molecule is CC#CC1(O)C[C@H]2CCc3cc(C(=O)NCc4cccnc4C)ccc3[C@]2(CC)C[C@@H]1O. The van der Waals surface area contributed by atoms with Gasteiger partial charge in [0.15, 0.2) is 5.60 Å². The van der Waals surface area contributed by atoms with E-state index in [1.54, 1.807) is 13.1 Å². The second kappa shape index (κ2) is 8.69. The van der Waals surface area contributed by atoms with Crippen molar-refractivity contribution < 1.29 is 15.0 Å². The molecule has 1 unspecified atom stereocenters. The van der Waals surface area contributed by atoms with Gasteiger partial charge in [0.05, 0.1) is 6.10 Å². The lowest BCUT2D eigenvalue weighted by Crippen LogP contribution is -2.57. The summed E-state index contributed by atoms with van der Waals surface area (Å²) in [5, 5.41) is 24.8. The maximum Gasteiger partial charge on any atom is 0.251 e. The summed E-state index contributed by atoms with van der Waals surface area (Å²) in [6, 6.07) is 9.81. The Bertz CT molecular complexity index is 1090. The lowest BCUT2D eigenvalue weighted by Gasteiger charge is -2.53. The van der Waals surface area contributed by atoms with Crippen molar-refractivity contribution in [2.75, 3.05) is 0 Å². The van der Waals surface area contributed by atoms with Crippen LogP contribution in [0.3, 0.4) is 0 Å². The molecule has 0 aliphatic heterocycles. The molecule has 0 bridgehead atoms. The normalized spacial score (nSPS) is 28.7. The number of aryl methyl sites for hydroxylation is 2. The zero-order chi connectivity index (χ0) is 22.9. The minimum Gasteiger partial charge on any atom is -0.389 e. The number of rotatable bonds is 4. The maximum absolute atomic E-state index is 12.8. The molecule has 2 aromatic rings. The molecule has 1 aromatic carbocycles. The fraction of sp³-hybridized carbons (Fsp3) is 0.481. The highest BCUT2D eigenvalue weighted by molar-refractivity contribution is 5.94. The fourth-order valence-corrected chi connectivity index (χ4v) is 5.81. The number of nitrogens with zero attached hydrogens (tertiary/aromatic N) is 1. The van der Waals surface area contributed by atoms with Crippen LogP contribution in [0.4, 0.5) is 0 Å². The zero-order valence-electron chi connectivity index (χ0n) is 19.1. The van der Waals surface area contributed by atoms with Crippen molar-refractivity contribution >= 4 is 5.91 Å². The Morgan fingerprint density at radius 1 is 1.31 bits per heavy atom. The fourth-order valence-electron chi connectivity index (χ4n) is 5.81. The first-order chi connectivity index (χ1) is 15.3. The van der Waals surface area contributed by atoms with Crippen LogP contribution in [0.2, 0.25) is 0 Å². The smallest absolute Gasteiger partial charge is 0.251 e. The van der Waals surface area contributed by atoms with Crippen LogP contribution in [-0.4, -0.2) is 32.8 Å². The van der Waals surface area contributed by atoms with E-state index in [0.29, 0.717) is 24.9 Å². The number of aliphatic hydroxyl groups is 2. The number of carbonyl (C=O) groups is 1. The van der Waals surface area contributed by atoms with Crippen molar-refractivity contribution in [2.45, 2.75) is 76.5 Å². The van der Waals surface area contributed by atoms with Gasteiger partial charge in [0.2, 0.25) is 0 Å². The molecule has 5 heteroatoms. The molecule has 168 valence electrons. The predicted octanol–water partition coefficient (Wildman–Crippen LogP) is 3.44. The second-order valence-corrected chi connectivity index (χ2v) is 9.27. The van der Waals surface area contributed by atoms with Crippen LogP contribution in [-0.2, 0) is 18.4 Å². The summed E-state index contributed by atoms with van der Waals surface area (Å²) < 4.78 is 0. The topological polar surface area (TPSA) is 82.5 Å². The molecule has 32 heavy (non-hydrogen) atoms. The Balaban J connectivity index is 1.58. The van der Waals surface area contributed by atoms with E-state index >= 15 is 0 Å². The highest BCUT2D eigenvalue weighted by Gasteiger charge is 2.54. The van der Waals surface area contributed by atoms with Gasteiger partial charge in [-0.15, -0.1) is 5.92 Å². The molecule has 0 radical (unpaired) electrons. The minimum atomic E-state index is -1.33. The molecular formula is C27H32N2O3. The first-order valence-corrected chi connectivity index (χ1v) is 11.5. The van der Waals surface area contributed by atoms with Crippen LogP contribution in [0.1, 0.15) is 72.3 Å². The zero-order valence-corrected chi connectivity index (χ0v) is 19.1. The first-order valence-electron chi connectivity index (χ1n) is 11.5. The largest absolute Gasteiger partial charge is 0.389 e. The van der Waals surface area contributed by atoms with Gasteiger partial charge in [-0.1, -0.05) is 25.0 Å². The van der Waals surface area contributed by atoms with Crippen molar-refractivity contribution in [3.8, 4) is 11.8 Å².